The molecular formula is C13H9N5O2S2. The molecule has 0 saturated heterocycles. The van der Waals surface area contributed by atoms with Gasteiger partial charge in [-0.25, -0.2) is 4.98 Å². The van der Waals surface area contributed by atoms with E-state index in [0.717, 1.165) is 15.3 Å². The van der Waals surface area contributed by atoms with Gasteiger partial charge in [-0.1, -0.05) is 30.0 Å². The van der Waals surface area contributed by atoms with Crippen molar-refractivity contribution in [2.45, 2.75) is 9.24 Å². The fourth-order valence-electron chi connectivity index (χ4n) is 1.54. The summed E-state index contributed by atoms with van der Waals surface area (Å²) in [7, 11) is 0. The Hall–Kier alpha value is -2.52. The van der Waals surface area contributed by atoms with E-state index in [9.17, 15) is 9.90 Å². The van der Waals surface area contributed by atoms with Gasteiger partial charge in [0, 0.05) is 16.4 Å². The minimum atomic E-state index is -0.418. The predicted octanol–water partition coefficient (Wildman–Crippen LogP) is 2.59. The summed E-state index contributed by atoms with van der Waals surface area (Å²) < 4.78 is 0.752. The summed E-state index contributed by atoms with van der Waals surface area (Å²) in [6.45, 7) is 0. The van der Waals surface area contributed by atoms with E-state index >= 15 is 0 Å². The number of thiazole rings is 1. The Morgan fingerprint density at radius 2 is 2.14 bits per heavy atom. The molecule has 0 radical (unpaired) electrons. The van der Waals surface area contributed by atoms with Gasteiger partial charge in [0.1, 0.15) is 5.69 Å². The highest BCUT2D eigenvalue weighted by Crippen LogP contribution is 2.30. The molecule has 0 bridgehead atoms. The van der Waals surface area contributed by atoms with E-state index in [1.165, 1.54) is 23.1 Å². The topological polar surface area (TPSA) is 105 Å². The fourth-order valence-corrected chi connectivity index (χ4v) is 3.34. The Morgan fingerprint density at radius 1 is 1.32 bits per heavy atom. The molecule has 1 aromatic carbocycles. The van der Waals surface area contributed by atoms with E-state index in [-0.39, 0.29) is 17.3 Å². The first kappa shape index (κ1) is 14.4. The third-order valence-electron chi connectivity index (χ3n) is 2.53. The highest BCUT2D eigenvalue weighted by atomic mass is 32.2. The average Bonchev–Trinajstić information content (AvgIpc) is 3.19. The van der Waals surface area contributed by atoms with Crippen molar-refractivity contribution < 1.29 is 9.90 Å². The van der Waals surface area contributed by atoms with Crippen LogP contribution in [-0.2, 0) is 0 Å². The zero-order chi connectivity index (χ0) is 15.4. The smallest absolute Gasteiger partial charge is 0.239 e. The molecule has 0 fully saturated rings. The van der Waals surface area contributed by atoms with Crippen LogP contribution in [0.15, 0.2) is 51.0 Å². The third-order valence-corrected chi connectivity index (χ3v) is 4.47. The van der Waals surface area contributed by atoms with Gasteiger partial charge < -0.3 is 5.11 Å². The van der Waals surface area contributed by atoms with Crippen LogP contribution >= 0.6 is 23.1 Å². The number of allylic oxidation sites excluding steroid dienone is 1. The zero-order valence-corrected chi connectivity index (χ0v) is 12.6. The molecule has 9 heteroatoms. The molecule has 0 aliphatic carbocycles. The molecule has 2 aromatic heterocycles. The van der Waals surface area contributed by atoms with Crippen LogP contribution in [0.1, 0.15) is 16.3 Å². The lowest BCUT2D eigenvalue weighted by Gasteiger charge is -1.95. The minimum absolute atomic E-state index is 0.0394. The molecule has 2 heterocycles. The molecule has 0 amide bonds. The number of rotatable bonds is 5. The second-order valence-electron chi connectivity index (χ2n) is 4.04. The summed E-state index contributed by atoms with van der Waals surface area (Å²) in [5.41, 5.74) is 0.262. The van der Waals surface area contributed by atoms with Gasteiger partial charge in [0.25, 0.3) is 0 Å². The molecule has 0 unspecified atom stereocenters. The number of hydrogen-bond donors (Lipinski definition) is 2. The monoisotopic (exact) mass is 331 g/mol. The van der Waals surface area contributed by atoms with Crippen molar-refractivity contribution in [3.8, 4) is 0 Å². The van der Waals surface area contributed by atoms with Crippen LogP contribution in [0.5, 0.6) is 0 Å². The number of hydrogen-bond acceptors (Lipinski definition) is 8. The number of carbonyl (C=O) groups excluding carboxylic acids is 1. The second kappa shape index (κ2) is 6.50. The van der Waals surface area contributed by atoms with Gasteiger partial charge in [-0.3, -0.25) is 4.79 Å². The second-order valence-corrected chi connectivity index (χ2v) is 6.22. The quantitative estimate of drug-likeness (QED) is 0.420. The van der Waals surface area contributed by atoms with Gasteiger partial charge in [-0.15, -0.1) is 21.5 Å². The molecule has 7 nitrogen and oxygen atoms in total. The standard InChI is InChI=1S/C13H9N5O2S2/c19-10(6-11(20)12-15-17-18-16-12)9-7-21-13(14-9)22-8-4-2-1-3-5-8/h1-7,20H,(H,15,16,17,18). The van der Waals surface area contributed by atoms with Crippen LogP contribution in [0, 0.1) is 0 Å². The summed E-state index contributed by atoms with van der Waals surface area (Å²) in [6, 6.07) is 9.75. The number of aromatic amines is 1. The fraction of sp³-hybridized carbons (Fsp3) is 0. The van der Waals surface area contributed by atoms with Crippen LogP contribution in [0.4, 0.5) is 0 Å². The van der Waals surface area contributed by atoms with E-state index in [1.54, 1.807) is 5.38 Å². The highest BCUT2D eigenvalue weighted by molar-refractivity contribution is 8.01. The van der Waals surface area contributed by atoms with Gasteiger partial charge in [-0.2, -0.15) is 5.21 Å². The Labute approximate surface area is 133 Å². The molecule has 0 saturated carbocycles. The number of aromatic nitrogens is 5. The maximum atomic E-state index is 12.0. The molecule has 2 N–H and O–H groups in total. The van der Waals surface area contributed by atoms with E-state index in [0.29, 0.717) is 0 Å². The van der Waals surface area contributed by atoms with E-state index in [2.05, 4.69) is 25.6 Å². The van der Waals surface area contributed by atoms with Crippen molar-refractivity contribution in [1.29, 1.82) is 0 Å². The number of H-pyrrole nitrogens is 1. The number of nitrogens with one attached hydrogen (secondary N) is 1. The Bertz CT molecular complexity index is 799. The summed E-state index contributed by atoms with van der Waals surface area (Å²) >= 11 is 2.84. The molecule has 0 aliphatic rings. The number of nitrogens with zero attached hydrogens (tertiary/aromatic N) is 4. The summed E-state index contributed by atoms with van der Waals surface area (Å²) in [4.78, 5) is 17.3. The number of tetrazole rings is 1. The van der Waals surface area contributed by atoms with Crippen LogP contribution in [0.2, 0.25) is 0 Å². The predicted molar refractivity (Wildman–Crippen MR) is 81.8 cm³/mol. The van der Waals surface area contributed by atoms with Gasteiger partial charge >= 0.3 is 0 Å². The highest BCUT2D eigenvalue weighted by Gasteiger charge is 2.13. The average molecular weight is 331 g/mol. The minimum Gasteiger partial charge on any atom is -0.504 e. The van der Waals surface area contributed by atoms with Crippen molar-refractivity contribution >= 4 is 34.6 Å². The number of aliphatic hydroxyl groups excluding tert-OH is 1. The molecule has 22 heavy (non-hydrogen) atoms. The van der Waals surface area contributed by atoms with Crippen LogP contribution < -0.4 is 0 Å². The van der Waals surface area contributed by atoms with E-state index in [4.69, 9.17) is 0 Å². The Morgan fingerprint density at radius 3 is 2.86 bits per heavy atom. The molecule has 3 rings (SSSR count). The SMILES string of the molecule is O=C(C=C(O)c1nn[nH]n1)c1csc(Sc2ccccc2)n1. The van der Waals surface area contributed by atoms with Crippen molar-refractivity contribution in [2.75, 3.05) is 0 Å². The molecule has 0 aliphatic heterocycles. The summed E-state index contributed by atoms with van der Waals surface area (Å²) in [5, 5.41) is 24.0. The molecule has 0 atom stereocenters. The number of ketones is 1. The number of benzene rings is 1. The molecular weight excluding hydrogens is 322 g/mol. The van der Waals surface area contributed by atoms with Crippen LogP contribution in [0.3, 0.4) is 0 Å². The van der Waals surface area contributed by atoms with Crippen LogP contribution in [-0.4, -0.2) is 36.5 Å². The normalized spacial score (nSPS) is 11.5. The van der Waals surface area contributed by atoms with E-state index in [1.807, 2.05) is 30.3 Å². The maximum absolute atomic E-state index is 12.0. The Kier molecular flexibility index (Phi) is 4.26. The molecule has 0 spiro atoms. The summed E-state index contributed by atoms with van der Waals surface area (Å²) in [5.74, 6) is -0.815. The maximum Gasteiger partial charge on any atom is 0.239 e. The number of carbonyl (C=O) groups is 1. The van der Waals surface area contributed by atoms with E-state index < -0.39 is 5.78 Å². The van der Waals surface area contributed by atoms with Crippen LogP contribution in [0.25, 0.3) is 5.76 Å². The first-order valence-electron chi connectivity index (χ1n) is 6.09. The molecule has 3 aromatic rings. The first-order chi connectivity index (χ1) is 10.7. The first-order valence-corrected chi connectivity index (χ1v) is 7.79. The number of aliphatic hydroxyl groups is 1. The zero-order valence-electron chi connectivity index (χ0n) is 11.0. The lowest BCUT2D eigenvalue weighted by atomic mass is 10.2. The summed E-state index contributed by atoms with van der Waals surface area (Å²) in [6.07, 6.45) is 1.02. The van der Waals surface area contributed by atoms with Crippen molar-refractivity contribution in [3.63, 3.8) is 0 Å². The van der Waals surface area contributed by atoms with Crippen molar-refractivity contribution in [2.24, 2.45) is 0 Å². The van der Waals surface area contributed by atoms with Gasteiger partial charge in [0.2, 0.25) is 11.6 Å². The van der Waals surface area contributed by atoms with Gasteiger partial charge in [0.15, 0.2) is 10.1 Å². The lowest BCUT2D eigenvalue weighted by molar-refractivity contribution is 0.104. The third kappa shape index (κ3) is 3.38. The van der Waals surface area contributed by atoms with Crippen molar-refractivity contribution in [3.05, 3.63) is 53.3 Å². The molecule has 110 valence electrons. The van der Waals surface area contributed by atoms with Crippen molar-refractivity contribution in [1.82, 2.24) is 25.6 Å². The largest absolute Gasteiger partial charge is 0.504 e. The lowest BCUT2D eigenvalue weighted by Crippen LogP contribution is -1.98. The van der Waals surface area contributed by atoms with Gasteiger partial charge in [-0.05, 0) is 17.3 Å². The Balaban J connectivity index is 1.73. The van der Waals surface area contributed by atoms with Gasteiger partial charge in [0.05, 0.1) is 0 Å².